The van der Waals surface area contributed by atoms with Crippen molar-refractivity contribution in [2.75, 3.05) is 24.5 Å². The second kappa shape index (κ2) is 9.26. The average molecular weight is 423 g/mol. The molecule has 0 aromatic heterocycles. The van der Waals surface area contributed by atoms with Crippen LogP contribution in [0.2, 0.25) is 0 Å². The van der Waals surface area contributed by atoms with Gasteiger partial charge in [0, 0.05) is 31.7 Å². The SMILES string of the molecule is CCN(CC)S(=O)(=O)c1ccc(N2C[C@@H](C(=O)OC3CCCCC3)CC2=O)cc1. The van der Waals surface area contributed by atoms with E-state index in [4.69, 9.17) is 4.74 Å². The Hall–Kier alpha value is -1.93. The molecule has 160 valence electrons. The van der Waals surface area contributed by atoms with E-state index < -0.39 is 15.9 Å². The fourth-order valence-corrected chi connectivity index (χ4v) is 5.53. The highest BCUT2D eigenvalue weighted by Gasteiger charge is 2.37. The minimum Gasteiger partial charge on any atom is -0.462 e. The van der Waals surface area contributed by atoms with Crippen LogP contribution >= 0.6 is 0 Å². The molecule has 8 heteroatoms. The van der Waals surface area contributed by atoms with E-state index in [1.165, 1.54) is 22.9 Å². The molecule has 1 aromatic carbocycles. The van der Waals surface area contributed by atoms with Gasteiger partial charge in [0.25, 0.3) is 0 Å². The lowest BCUT2D eigenvalue weighted by atomic mass is 9.97. The summed E-state index contributed by atoms with van der Waals surface area (Å²) in [5.74, 6) is -0.910. The molecule has 0 radical (unpaired) electrons. The van der Waals surface area contributed by atoms with Crippen molar-refractivity contribution in [1.82, 2.24) is 4.31 Å². The third-order valence-corrected chi connectivity index (χ3v) is 7.85. The Morgan fingerprint density at radius 3 is 2.31 bits per heavy atom. The topological polar surface area (TPSA) is 84.0 Å². The van der Waals surface area contributed by atoms with Gasteiger partial charge in [0.1, 0.15) is 6.10 Å². The summed E-state index contributed by atoms with van der Waals surface area (Å²) in [6.45, 7) is 4.66. The normalized spacial score (nSPS) is 21.0. The molecule has 1 saturated carbocycles. The number of anilines is 1. The molecule has 0 N–H and O–H groups in total. The number of carbonyl (C=O) groups excluding carboxylic acids is 2. The minimum absolute atomic E-state index is 0.0232. The Labute approximate surface area is 173 Å². The summed E-state index contributed by atoms with van der Waals surface area (Å²) in [7, 11) is -3.54. The summed E-state index contributed by atoms with van der Waals surface area (Å²) < 4.78 is 32.2. The Kier molecular flexibility index (Phi) is 6.95. The van der Waals surface area contributed by atoms with Gasteiger partial charge < -0.3 is 9.64 Å². The first-order valence-electron chi connectivity index (χ1n) is 10.5. The van der Waals surface area contributed by atoms with E-state index in [1.807, 2.05) is 0 Å². The molecule has 2 aliphatic rings. The van der Waals surface area contributed by atoms with Crippen molar-refractivity contribution < 1.29 is 22.7 Å². The Morgan fingerprint density at radius 1 is 1.10 bits per heavy atom. The fourth-order valence-electron chi connectivity index (χ4n) is 4.07. The summed E-state index contributed by atoms with van der Waals surface area (Å²) in [5.41, 5.74) is 0.599. The van der Waals surface area contributed by atoms with Crippen LogP contribution in [0.3, 0.4) is 0 Å². The van der Waals surface area contributed by atoms with Crippen LogP contribution in [0.1, 0.15) is 52.4 Å². The summed E-state index contributed by atoms with van der Waals surface area (Å²) in [6, 6.07) is 6.29. The Bertz CT molecular complexity index is 827. The van der Waals surface area contributed by atoms with Crippen LogP contribution in [0, 0.1) is 5.92 Å². The quantitative estimate of drug-likeness (QED) is 0.631. The van der Waals surface area contributed by atoms with Gasteiger partial charge >= 0.3 is 5.97 Å². The molecule has 0 unspecified atom stereocenters. The van der Waals surface area contributed by atoms with Crippen molar-refractivity contribution in [3.05, 3.63) is 24.3 Å². The first-order valence-corrected chi connectivity index (χ1v) is 11.9. The number of rotatable bonds is 7. The lowest BCUT2D eigenvalue weighted by molar-refractivity contribution is -0.155. The largest absolute Gasteiger partial charge is 0.462 e. The molecule has 1 aromatic rings. The van der Waals surface area contributed by atoms with Crippen LogP contribution in [0.4, 0.5) is 5.69 Å². The van der Waals surface area contributed by atoms with Gasteiger partial charge in [0.05, 0.1) is 10.8 Å². The number of esters is 1. The number of ether oxygens (including phenoxy) is 1. The molecule has 0 bridgehead atoms. The van der Waals surface area contributed by atoms with E-state index in [1.54, 1.807) is 30.9 Å². The van der Waals surface area contributed by atoms with Gasteiger partial charge in [-0.3, -0.25) is 9.59 Å². The minimum atomic E-state index is -3.54. The number of nitrogens with zero attached hydrogens (tertiary/aromatic N) is 2. The second-order valence-corrected chi connectivity index (χ2v) is 9.62. The zero-order valence-electron chi connectivity index (χ0n) is 17.2. The van der Waals surface area contributed by atoms with Gasteiger partial charge in [0.15, 0.2) is 0 Å². The van der Waals surface area contributed by atoms with Crippen molar-refractivity contribution >= 4 is 27.6 Å². The maximum absolute atomic E-state index is 12.6. The number of amides is 1. The second-order valence-electron chi connectivity index (χ2n) is 7.69. The smallest absolute Gasteiger partial charge is 0.311 e. The molecule has 29 heavy (non-hydrogen) atoms. The standard InChI is InChI=1S/C21H30N2O5S/c1-3-22(4-2)29(26,27)19-12-10-17(11-13-19)23-15-16(14-20(23)24)21(25)28-18-8-6-5-7-9-18/h10-13,16,18H,3-9,14-15H2,1-2H3/t16-/m0/s1. The number of hydrogen-bond donors (Lipinski definition) is 0. The maximum atomic E-state index is 12.6. The van der Waals surface area contributed by atoms with Gasteiger partial charge in [-0.05, 0) is 49.9 Å². The summed E-state index contributed by atoms with van der Waals surface area (Å²) in [4.78, 5) is 26.7. The van der Waals surface area contributed by atoms with Crippen LogP contribution in [0.15, 0.2) is 29.2 Å². The summed E-state index contributed by atoms with van der Waals surface area (Å²) >= 11 is 0. The van der Waals surface area contributed by atoms with Gasteiger partial charge in [-0.25, -0.2) is 8.42 Å². The predicted molar refractivity (Wildman–Crippen MR) is 110 cm³/mol. The molecule has 1 saturated heterocycles. The van der Waals surface area contributed by atoms with Crippen LogP contribution in [-0.4, -0.2) is 50.3 Å². The number of benzene rings is 1. The molecule has 3 rings (SSSR count). The molecule has 1 aliphatic heterocycles. The van der Waals surface area contributed by atoms with Crippen molar-refractivity contribution in [2.45, 2.75) is 63.4 Å². The number of hydrogen-bond acceptors (Lipinski definition) is 5. The van der Waals surface area contributed by atoms with E-state index >= 15 is 0 Å². The fraction of sp³-hybridized carbons (Fsp3) is 0.619. The Balaban J connectivity index is 1.66. The number of carbonyl (C=O) groups is 2. The van der Waals surface area contributed by atoms with E-state index in [0.29, 0.717) is 18.8 Å². The molecular weight excluding hydrogens is 392 g/mol. The first kappa shape index (κ1) is 21.8. The monoisotopic (exact) mass is 422 g/mol. The van der Waals surface area contributed by atoms with Crippen LogP contribution in [-0.2, 0) is 24.3 Å². The predicted octanol–water partition coefficient (Wildman–Crippen LogP) is 2.95. The van der Waals surface area contributed by atoms with Gasteiger partial charge in [0.2, 0.25) is 15.9 Å². The van der Waals surface area contributed by atoms with Crippen LogP contribution in [0.25, 0.3) is 0 Å². The molecule has 1 heterocycles. The molecule has 1 aliphatic carbocycles. The maximum Gasteiger partial charge on any atom is 0.311 e. The molecule has 2 fully saturated rings. The highest BCUT2D eigenvalue weighted by atomic mass is 32.2. The van der Waals surface area contributed by atoms with Gasteiger partial charge in [-0.15, -0.1) is 0 Å². The lowest BCUT2D eigenvalue weighted by Gasteiger charge is -2.23. The number of sulfonamides is 1. The molecule has 0 spiro atoms. The zero-order valence-corrected chi connectivity index (χ0v) is 18.0. The van der Waals surface area contributed by atoms with Gasteiger partial charge in [-0.2, -0.15) is 4.31 Å². The third kappa shape index (κ3) is 4.80. The summed E-state index contributed by atoms with van der Waals surface area (Å²) in [5, 5.41) is 0. The first-order chi connectivity index (χ1) is 13.9. The van der Waals surface area contributed by atoms with Crippen molar-refractivity contribution in [2.24, 2.45) is 5.92 Å². The average Bonchev–Trinajstić information content (AvgIpc) is 3.11. The zero-order chi connectivity index (χ0) is 21.0. The highest BCUT2D eigenvalue weighted by Crippen LogP contribution is 2.29. The Morgan fingerprint density at radius 2 is 1.72 bits per heavy atom. The van der Waals surface area contributed by atoms with Crippen molar-refractivity contribution in [1.29, 1.82) is 0 Å². The van der Waals surface area contributed by atoms with E-state index in [9.17, 15) is 18.0 Å². The van der Waals surface area contributed by atoms with Gasteiger partial charge in [-0.1, -0.05) is 20.3 Å². The van der Waals surface area contributed by atoms with E-state index in [0.717, 1.165) is 25.7 Å². The lowest BCUT2D eigenvalue weighted by Crippen LogP contribution is -2.31. The molecule has 1 atom stereocenters. The molecule has 7 nitrogen and oxygen atoms in total. The summed E-state index contributed by atoms with van der Waals surface area (Å²) in [6.07, 6.45) is 5.25. The third-order valence-electron chi connectivity index (χ3n) is 5.78. The molecular formula is C21H30N2O5S. The van der Waals surface area contributed by atoms with Crippen molar-refractivity contribution in [3.63, 3.8) is 0 Å². The van der Waals surface area contributed by atoms with Crippen LogP contribution in [0.5, 0.6) is 0 Å². The van der Waals surface area contributed by atoms with E-state index in [2.05, 4.69) is 0 Å². The molecule has 1 amide bonds. The highest BCUT2D eigenvalue weighted by molar-refractivity contribution is 7.89. The van der Waals surface area contributed by atoms with Crippen LogP contribution < -0.4 is 4.90 Å². The van der Waals surface area contributed by atoms with Crippen molar-refractivity contribution in [3.8, 4) is 0 Å². The van der Waals surface area contributed by atoms with E-state index in [-0.39, 0.29) is 35.8 Å².